The third-order valence-corrected chi connectivity index (χ3v) is 3.92. The molecule has 0 amide bonds. The van der Waals surface area contributed by atoms with Gasteiger partial charge in [-0.05, 0) is 24.3 Å². The molecule has 3 aliphatic rings. The molecule has 3 heterocycles. The average molecular weight is 270 g/mol. The zero-order chi connectivity index (χ0) is 14.3. The molecular formula is C16H22N4. The molecule has 0 atom stereocenters. The summed E-state index contributed by atoms with van der Waals surface area (Å²) in [5.74, 6) is 0. The van der Waals surface area contributed by atoms with Gasteiger partial charge >= 0.3 is 0 Å². The van der Waals surface area contributed by atoms with Crippen LogP contribution in [0.15, 0.2) is 59.5 Å². The topological polar surface area (TPSA) is 13.0 Å². The van der Waals surface area contributed by atoms with E-state index in [2.05, 4.69) is 84.5 Å². The van der Waals surface area contributed by atoms with E-state index < -0.39 is 0 Å². The molecule has 0 aromatic carbocycles. The van der Waals surface area contributed by atoms with Crippen LogP contribution in [0.5, 0.6) is 0 Å². The maximum atomic E-state index is 2.34. The number of fused-ring (bicyclic) bond motifs is 2. The van der Waals surface area contributed by atoms with Gasteiger partial charge in [0.15, 0.2) is 0 Å². The van der Waals surface area contributed by atoms with Crippen LogP contribution in [0, 0.1) is 0 Å². The van der Waals surface area contributed by atoms with E-state index in [0.717, 1.165) is 13.1 Å². The van der Waals surface area contributed by atoms with E-state index in [0.29, 0.717) is 0 Å². The van der Waals surface area contributed by atoms with Gasteiger partial charge in [0.25, 0.3) is 0 Å². The zero-order valence-corrected chi connectivity index (χ0v) is 12.7. The second-order valence-corrected chi connectivity index (χ2v) is 5.72. The maximum absolute atomic E-state index is 2.34. The Kier molecular flexibility index (Phi) is 3.08. The summed E-state index contributed by atoms with van der Waals surface area (Å²) in [4.78, 5) is 8.97. The van der Waals surface area contributed by atoms with Crippen LogP contribution < -0.4 is 0 Å². The monoisotopic (exact) mass is 270 g/mol. The van der Waals surface area contributed by atoms with Crippen molar-refractivity contribution in [2.24, 2.45) is 0 Å². The summed E-state index contributed by atoms with van der Waals surface area (Å²) >= 11 is 0. The Balaban J connectivity index is 2.07. The highest BCUT2D eigenvalue weighted by molar-refractivity contribution is 5.46. The highest BCUT2D eigenvalue weighted by Crippen LogP contribution is 2.30. The minimum atomic E-state index is 1.03. The molecule has 4 heteroatoms. The lowest BCUT2D eigenvalue weighted by Gasteiger charge is -2.39. The summed E-state index contributed by atoms with van der Waals surface area (Å²) in [6.45, 7) is 2.06. The van der Waals surface area contributed by atoms with Crippen molar-refractivity contribution in [1.29, 1.82) is 0 Å². The van der Waals surface area contributed by atoms with Crippen molar-refractivity contribution < 1.29 is 0 Å². The Hall–Kier alpha value is -2.10. The number of nitrogens with zero attached hydrogens (tertiary/aromatic N) is 4. The summed E-state index contributed by atoms with van der Waals surface area (Å²) in [6, 6.07) is 0. The van der Waals surface area contributed by atoms with Gasteiger partial charge in [-0.1, -0.05) is 0 Å². The minimum absolute atomic E-state index is 1.03. The lowest BCUT2D eigenvalue weighted by molar-refractivity contribution is 0.325. The standard InChI is InChI=1S/C16H22N4/c1-17(2)13-5-7-19-9-10-20-8-6-14(18(3)4)12-16(20)15(19)11-13/h5-8,11-12H,9-10H2,1-4H3. The summed E-state index contributed by atoms with van der Waals surface area (Å²) in [5, 5.41) is 0. The molecule has 3 rings (SSSR count). The fourth-order valence-corrected chi connectivity index (χ4v) is 2.64. The summed E-state index contributed by atoms with van der Waals surface area (Å²) in [6.07, 6.45) is 13.3. The number of allylic oxidation sites excluding steroid dienone is 4. The summed E-state index contributed by atoms with van der Waals surface area (Å²) in [5.41, 5.74) is 5.04. The first-order valence-electron chi connectivity index (χ1n) is 6.98. The van der Waals surface area contributed by atoms with Gasteiger partial charge in [-0.15, -0.1) is 0 Å². The van der Waals surface area contributed by atoms with Gasteiger partial charge in [0.05, 0.1) is 11.4 Å². The van der Waals surface area contributed by atoms with Crippen molar-refractivity contribution >= 4 is 0 Å². The lowest BCUT2D eigenvalue weighted by atomic mass is 10.1. The van der Waals surface area contributed by atoms with Gasteiger partial charge < -0.3 is 19.6 Å². The molecule has 20 heavy (non-hydrogen) atoms. The molecule has 0 fully saturated rings. The van der Waals surface area contributed by atoms with Crippen molar-refractivity contribution in [3.05, 3.63) is 59.5 Å². The molecule has 106 valence electrons. The molecule has 0 aliphatic carbocycles. The van der Waals surface area contributed by atoms with Gasteiger partial charge in [0.2, 0.25) is 0 Å². The molecule has 4 nitrogen and oxygen atoms in total. The van der Waals surface area contributed by atoms with Crippen molar-refractivity contribution in [2.45, 2.75) is 0 Å². The predicted molar refractivity (Wildman–Crippen MR) is 82.3 cm³/mol. The van der Waals surface area contributed by atoms with Crippen LogP contribution in [-0.4, -0.2) is 60.9 Å². The van der Waals surface area contributed by atoms with E-state index >= 15 is 0 Å². The molecule has 0 saturated carbocycles. The van der Waals surface area contributed by atoms with Crippen molar-refractivity contribution in [2.75, 3.05) is 41.3 Å². The third kappa shape index (κ3) is 2.11. The van der Waals surface area contributed by atoms with Crippen LogP contribution >= 0.6 is 0 Å². The quantitative estimate of drug-likeness (QED) is 0.758. The van der Waals surface area contributed by atoms with E-state index in [4.69, 9.17) is 0 Å². The van der Waals surface area contributed by atoms with Crippen LogP contribution in [0.3, 0.4) is 0 Å². The highest BCUT2D eigenvalue weighted by Gasteiger charge is 2.25. The van der Waals surface area contributed by atoms with E-state index in [9.17, 15) is 0 Å². The minimum Gasteiger partial charge on any atom is -0.378 e. The second kappa shape index (κ2) is 4.78. The second-order valence-electron chi connectivity index (χ2n) is 5.72. The van der Waals surface area contributed by atoms with Crippen LogP contribution in [0.4, 0.5) is 0 Å². The van der Waals surface area contributed by atoms with Crippen LogP contribution in [-0.2, 0) is 0 Å². The molecule has 0 aromatic heterocycles. The van der Waals surface area contributed by atoms with Crippen LogP contribution in [0.25, 0.3) is 0 Å². The SMILES string of the molecule is CN(C)C1=CC2=C3C=C(N(C)C)C=CN3CCN2C=C1. The van der Waals surface area contributed by atoms with E-state index in [-0.39, 0.29) is 0 Å². The van der Waals surface area contributed by atoms with Gasteiger partial charge in [0.1, 0.15) is 0 Å². The van der Waals surface area contributed by atoms with Crippen LogP contribution in [0.1, 0.15) is 0 Å². The van der Waals surface area contributed by atoms with Gasteiger partial charge in [-0.3, -0.25) is 0 Å². The van der Waals surface area contributed by atoms with Gasteiger partial charge in [-0.25, -0.2) is 0 Å². The van der Waals surface area contributed by atoms with E-state index in [1.54, 1.807) is 0 Å². The van der Waals surface area contributed by atoms with E-state index in [1.165, 1.54) is 22.8 Å². The molecule has 0 bridgehead atoms. The Morgan fingerprint density at radius 1 is 0.750 bits per heavy atom. The zero-order valence-electron chi connectivity index (χ0n) is 12.7. The highest BCUT2D eigenvalue weighted by atomic mass is 15.3. The van der Waals surface area contributed by atoms with Crippen molar-refractivity contribution in [3.63, 3.8) is 0 Å². The number of hydrogen-bond donors (Lipinski definition) is 0. The van der Waals surface area contributed by atoms with Crippen LogP contribution in [0.2, 0.25) is 0 Å². The summed E-state index contributed by atoms with van der Waals surface area (Å²) in [7, 11) is 8.33. The Morgan fingerprint density at radius 2 is 1.15 bits per heavy atom. The third-order valence-electron chi connectivity index (χ3n) is 3.92. The van der Waals surface area contributed by atoms with Crippen molar-refractivity contribution in [1.82, 2.24) is 19.6 Å². The molecule has 0 unspecified atom stereocenters. The number of hydrogen-bond acceptors (Lipinski definition) is 4. The first-order valence-corrected chi connectivity index (χ1v) is 6.98. The molecule has 0 radical (unpaired) electrons. The van der Waals surface area contributed by atoms with E-state index in [1.807, 2.05) is 0 Å². The smallest absolute Gasteiger partial charge is 0.0669 e. The van der Waals surface area contributed by atoms with Gasteiger partial charge in [0, 0.05) is 65.1 Å². The Bertz CT molecular complexity index is 511. The first kappa shape index (κ1) is 12.9. The normalized spacial score (nSPS) is 20.4. The molecule has 0 N–H and O–H groups in total. The molecule has 0 spiro atoms. The lowest BCUT2D eigenvalue weighted by Crippen LogP contribution is -2.38. The van der Waals surface area contributed by atoms with Crippen molar-refractivity contribution in [3.8, 4) is 0 Å². The first-order chi connectivity index (χ1) is 9.56. The molecule has 0 saturated heterocycles. The average Bonchev–Trinajstić information content (AvgIpc) is 2.45. The number of rotatable bonds is 2. The molecular weight excluding hydrogens is 248 g/mol. The summed E-state index contributed by atoms with van der Waals surface area (Å²) < 4.78 is 0. The maximum Gasteiger partial charge on any atom is 0.0669 e. The molecule has 0 aromatic rings. The number of likely N-dealkylation sites (N-methyl/N-ethyl adjacent to an activating group) is 2. The Morgan fingerprint density at radius 3 is 1.50 bits per heavy atom. The largest absolute Gasteiger partial charge is 0.378 e. The Labute approximate surface area is 121 Å². The predicted octanol–water partition coefficient (Wildman–Crippen LogP) is 1.76. The van der Waals surface area contributed by atoms with Gasteiger partial charge in [-0.2, -0.15) is 0 Å². The molecule has 3 aliphatic heterocycles. The fourth-order valence-electron chi connectivity index (χ4n) is 2.64. The fraction of sp³-hybridized carbons (Fsp3) is 0.375.